The SMILES string of the molecule is C=C(C)c1cccc(C(C)(C)NC(=O)NC2(C#N)CN3CCC2CC3)c1. The standard InChI is InChI=1S/C21H28N4O/c1-15(2)16-6-5-7-18(12-16)20(3,4)23-19(26)24-21(13-22)14-25-10-8-17(21)9-11-25/h5-7,12,17H,1,8-11,14H2,2-4H3,(H2,23,24,26). The highest BCUT2D eigenvalue weighted by molar-refractivity contribution is 5.77. The molecular formula is C21H28N4O. The molecule has 5 nitrogen and oxygen atoms in total. The van der Waals surface area contributed by atoms with Crippen LogP contribution in [0.2, 0.25) is 0 Å². The zero-order chi connectivity index (χ0) is 18.9. The van der Waals surface area contributed by atoms with Crippen molar-refractivity contribution >= 4 is 11.6 Å². The molecule has 26 heavy (non-hydrogen) atoms. The van der Waals surface area contributed by atoms with Crippen molar-refractivity contribution in [1.29, 1.82) is 5.26 Å². The van der Waals surface area contributed by atoms with Gasteiger partial charge in [0.05, 0.1) is 11.6 Å². The van der Waals surface area contributed by atoms with Crippen LogP contribution in [-0.4, -0.2) is 36.1 Å². The minimum Gasteiger partial charge on any atom is -0.329 e. The third kappa shape index (κ3) is 3.47. The topological polar surface area (TPSA) is 68.2 Å². The van der Waals surface area contributed by atoms with Crippen molar-refractivity contribution in [2.24, 2.45) is 5.92 Å². The van der Waals surface area contributed by atoms with E-state index in [0.29, 0.717) is 6.54 Å². The molecule has 1 unspecified atom stereocenters. The van der Waals surface area contributed by atoms with E-state index in [-0.39, 0.29) is 11.9 Å². The molecule has 2 bridgehead atoms. The van der Waals surface area contributed by atoms with E-state index < -0.39 is 11.1 Å². The molecule has 2 N–H and O–H groups in total. The lowest BCUT2D eigenvalue weighted by Crippen LogP contribution is -2.68. The summed E-state index contributed by atoms with van der Waals surface area (Å²) < 4.78 is 0. The Morgan fingerprint density at radius 3 is 2.62 bits per heavy atom. The Kier molecular flexibility index (Phi) is 4.81. The lowest BCUT2D eigenvalue weighted by Gasteiger charge is -2.49. The molecule has 0 saturated carbocycles. The van der Waals surface area contributed by atoms with Crippen molar-refractivity contribution in [2.75, 3.05) is 19.6 Å². The molecule has 138 valence electrons. The van der Waals surface area contributed by atoms with Gasteiger partial charge in [-0.25, -0.2) is 4.79 Å². The van der Waals surface area contributed by atoms with Crippen molar-refractivity contribution in [1.82, 2.24) is 15.5 Å². The maximum Gasteiger partial charge on any atom is 0.316 e. The van der Waals surface area contributed by atoms with Gasteiger partial charge in [-0.15, -0.1) is 0 Å². The zero-order valence-corrected chi connectivity index (χ0v) is 15.9. The molecule has 0 spiro atoms. The van der Waals surface area contributed by atoms with E-state index in [1.54, 1.807) is 0 Å². The van der Waals surface area contributed by atoms with Gasteiger partial charge in [0.15, 0.2) is 0 Å². The first kappa shape index (κ1) is 18.5. The van der Waals surface area contributed by atoms with Gasteiger partial charge in [-0.05, 0) is 69.8 Å². The minimum absolute atomic E-state index is 0.234. The summed E-state index contributed by atoms with van der Waals surface area (Å²) in [5.41, 5.74) is 1.72. The normalized spacial score (nSPS) is 27.5. The van der Waals surface area contributed by atoms with Crippen LogP contribution in [0.25, 0.3) is 5.57 Å². The van der Waals surface area contributed by atoms with E-state index in [0.717, 1.165) is 42.6 Å². The number of benzene rings is 1. The molecule has 4 rings (SSSR count). The van der Waals surface area contributed by atoms with E-state index in [1.165, 1.54) is 0 Å². The van der Waals surface area contributed by atoms with Crippen molar-refractivity contribution in [3.63, 3.8) is 0 Å². The van der Waals surface area contributed by atoms with Crippen LogP contribution in [0.4, 0.5) is 4.79 Å². The van der Waals surface area contributed by atoms with Gasteiger partial charge >= 0.3 is 6.03 Å². The molecule has 0 aromatic heterocycles. The fraction of sp³-hybridized carbons (Fsp3) is 0.524. The fourth-order valence-corrected chi connectivity index (χ4v) is 4.13. The molecular weight excluding hydrogens is 324 g/mol. The molecule has 1 aromatic rings. The van der Waals surface area contributed by atoms with Gasteiger partial charge in [0.2, 0.25) is 0 Å². The number of carbonyl (C=O) groups excluding carboxylic acids is 1. The lowest BCUT2D eigenvalue weighted by atomic mass is 9.73. The second-order valence-corrected chi connectivity index (χ2v) is 8.20. The van der Waals surface area contributed by atoms with Crippen LogP contribution in [0.15, 0.2) is 30.8 Å². The van der Waals surface area contributed by atoms with Crippen molar-refractivity contribution in [3.8, 4) is 6.07 Å². The summed E-state index contributed by atoms with van der Waals surface area (Å²) in [5.74, 6) is 0.234. The Balaban J connectivity index is 1.73. The Morgan fingerprint density at radius 2 is 2.08 bits per heavy atom. The van der Waals surface area contributed by atoms with Crippen LogP contribution in [0, 0.1) is 17.2 Å². The van der Waals surface area contributed by atoms with Crippen LogP contribution in [0.3, 0.4) is 0 Å². The second-order valence-electron chi connectivity index (χ2n) is 8.20. The third-order valence-electron chi connectivity index (χ3n) is 5.80. The summed E-state index contributed by atoms with van der Waals surface area (Å²) in [6.07, 6.45) is 1.94. The van der Waals surface area contributed by atoms with E-state index in [9.17, 15) is 10.1 Å². The number of nitrogens with zero attached hydrogens (tertiary/aromatic N) is 2. The number of piperidine rings is 3. The van der Waals surface area contributed by atoms with Crippen LogP contribution >= 0.6 is 0 Å². The second kappa shape index (κ2) is 6.77. The van der Waals surface area contributed by atoms with Gasteiger partial charge in [-0.1, -0.05) is 30.4 Å². The summed E-state index contributed by atoms with van der Waals surface area (Å²) >= 11 is 0. The minimum atomic E-state index is -0.782. The van der Waals surface area contributed by atoms with Gasteiger partial charge in [0.1, 0.15) is 5.54 Å². The number of nitrogens with one attached hydrogen (secondary N) is 2. The Morgan fingerprint density at radius 1 is 1.38 bits per heavy atom. The van der Waals surface area contributed by atoms with Gasteiger partial charge in [-0.3, -0.25) is 4.90 Å². The van der Waals surface area contributed by atoms with Gasteiger partial charge in [-0.2, -0.15) is 5.26 Å². The van der Waals surface area contributed by atoms with Crippen LogP contribution < -0.4 is 10.6 Å². The zero-order valence-electron chi connectivity index (χ0n) is 15.9. The highest BCUT2D eigenvalue weighted by Gasteiger charge is 2.48. The van der Waals surface area contributed by atoms with E-state index in [1.807, 2.05) is 39.0 Å². The quantitative estimate of drug-likeness (QED) is 0.874. The Labute approximate surface area is 156 Å². The number of hydrogen-bond acceptors (Lipinski definition) is 3. The summed E-state index contributed by atoms with van der Waals surface area (Å²) in [4.78, 5) is 15.0. The number of rotatable bonds is 4. The summed E-state index contributed by atoms with van der Waals surface area (Å²) in [7, 11) is 0. The van der Waals surface area contributed by atoms with Crippen LogP contribution in [0.5, 0.6) is 0 Å². The Bertz CT molecular complexity index is 756. The molecule has 1 atom stereocenters. The molecule has 3 aliphatic rings. The van der Waals surface area contributed by atoms with E-state index in [4.69, 9.17) is 0 Å². The first-order valence-corrected chi connectivity index (χ1v) is 9.26. The predicted molar refractivity (Wildman–Crippen MR) is 103 cm³/mol. The maximum atomic E-state index is 12.8. The lowest BCUT2D eigenvalue weighted by molar-refractivity contribution is 0.0418. The van der Waals surface area contributed by atoms with Crippen molar-refractivity contribution in [3.05, 3.63) is 42.0 Å². The summed E-state index contributed by atoms with van der Waals surface area (Å²) in [5, 5.41) is 15.9. The number of urea groups is 1. The van der Waals surface area contributed by atoms with Crippen molar-refractivity contribution in [2.45, 2.75) is 44.7 Å². The smallest absolute Gasteiger partial charge is 0.316 e. The molecule has 1 aromatic carbocycles. The first-order valence-electron chi connectivity index (χ1n) is 9.26. The largest absolute Gasteiger partial charge is 0.329 e. The number of nitriles is 1. The molecule has 2 amide bonds. The fourth-order valence-electron chi connectivity index (χ4n) is 4.13. The average Bonchev–Trinajstić information content (AvgIpc) is 2.62. The molecule has 3 saturated heterocycles. The molecule has 3 heterocycles. The molecule has 0 radical (unpaired) electrons. The van der Waals surface area contributed by atoms with Gasteiger partial charge in [0.25, 0.3) is 0 Å². The number of hydrogen-bond donors (Lipinski definition) is 2. The van der Waals surface area contributed by atoms with Crippen LogP contribution in [-0.2, 0) is 5.54 Å². The number of fused-ring (bicyclic) bond motifs is 3. The van der Waals surface area contributed by atoms with Crippen LogP contribution in [0.1, 0.15) is 44.7 Å². The van der Waals surface area contributed by atoms with Gasteiger partial charge < -0.3 is 10.6 Å². The first-order chi connectivity index (χ1) is 12.3. The molecule has 0 aliphatic carbocycles. The highest BCUT2D eigenvalue weighted by Crippen LogP contribution is 2.35. The van der Waals surface area contributed by atoms with E-state index >= 15 is 0 Å². The number of allylic oxidation sites excluding steroid dienone is 1. The summed E-state index contributed by atoms with van der Waals surface area (Å²) in [6, 6.07) is 10.2. The predicted octanol–water partition coefficient (Wildman–Crippen LogP) is 3.24. The maximum absolute atomic E-state index is 12.8. The number of carbonyl (C=O) groups is 1. The molecule has 5 heteroatoms. The Hall–Kier alpha value is -2.32. The average molecular weight is 352 g/mol. The molecule has 3 aliphatic heterocycles. The monoisotopic (exact) mass is 352 g/mol. The van der Waals surface area contributed by atoms with Gasteiger partial charge in [0, 0.05) is 6.54 Å². The number of amides is 2. The third-order valence-corrected chi connectivity index (χ3v) is 5.80. The highest BCUT2D eigenvalue weighted by atomic mass is 16.2. The van der Waals surface area contributed by atoms with E-state index in [2.05, 4.69) is 34.2 Å². The van der Waals surface area contributed by atoms with Crippen molar-refractivity contribution < 1.29 is 4.79 Å². The molecule has 3 fully saturated rings. The summed E-state index contributed by atoms with van der Waals surface area (Å²) in [6.45, 7) is 12.6.